The van der Waals surface area contributed by atoms with Crippen molar-refractivity contribution in [2.45, 2.75) is 20.8 Å². The van der Waals surface area contributed by atoms with Crippen molar-refractivity contribution in [3.63, 3.8) is 0 Å². The highest BCUT2D eigenvalue weighted by molar-refractivity contribution is 5.72. The molecule has 0 aliphatic rings. The first-order chi connectivity index (χ1) is 13.5. The third kappa shape index (κ3) is 3.41. The van der Waals surface area contributed by atoms with Gasteiger partial charge in [0.05, 0.1) is 23.1 Å². The number of rotatable bonds is 3. The van der Waals surface area contributed by atoms with Crippen LogP contribution in [0.3, 0.4) is 0 Å². The summed E-state index contributed by atoms with van der Waals surface area (Å²) in [5, 5.41) is 15.7. The minimum atomic E-state index is -0.542. The average molecular weight is 380 g/mol. The number of fused-ring (bicyclic) bond motifs is 1. The van der Waals surface area contributed by atoms with E-state index >= 15 is 0 Å². The molecule has 4 aromatic heterocycles. The van der Waals surface area contributed by atoms with Crippen LogP contribution in [-0.4, -0.2) is 29.5 Å². The largest absolute Gasteiger partial charge is 0.372 e. The highest BCUT2D eigenvalue weighted by Gasteiger charge is 2.21. The van der Waals surface area contributed by atoms with E-state index in [1.54, 1.807) is 35.7 Å². The van der Waals surface area contributed by atoms with Gasteiger partial charge in [-0.1, -0.05) is 13.8 Å². The minimum Gasteiger partial charge on any atom is -0.358 e. The number of pyridine rings is 2. The first kappa shape index (κ1) is 19.0. The summed E-state index contributed by atoms with van der Waals surface area (Å²) in [4.78, 5) is 23.0. The summed E-state index contributed by atoms with van der Waals surface area (Å²) in [6, 6.07) is 9.49. The van der Waals surface area contributed by atoms with Crippen LogP contribution in [0.2, 0.25) is 0 Å². The zero-order valence-electron chi connectivity index (χ0n) is 15.5. The van der Waals surface area contributed by atoms with Crippen molar-refractivity contribution in [1.82, 2.24) is 24.6 Å². The Morgan fingerprint density at radius 3 is 2.50 bits per heavy atom. The van der Waals surface area contributed by atoms with Gasteiger partial charge in [-0.15, -0.1) is 0 Å². The molecular weight excluding hydrogens is 363 g/mol. The number of nitro groups is 1. The Balaban J connectivity index is 0.00000109. The molecule has 0 unspecified atom stereocenters. The molecule has 4 aromatic rings. The fourth-order valence-electron chi connectivity index (χ4n) is 2.69. The molecule has 0 fully saturated rings. The van der Waals surface area contributed by atoms with Gasteiger partial charge < -0.3 is 10.1 Å². The lowest BCUT2D eigenvalue weighted by atomic mass is 10.1. The third-order valence-corrected chi connectivity index (χ3v) is 3.91. The van der Waals surface area contributed by atoms with Crippen molar-refractivity contribution in [3.8, 4) is 22.6 Å². The molecule has 0 radical (unpaired) electrons. The molecule has 0 atom stereocenters. The molecule has 4 rings (SSSR count). The SMILES string of the molecule is CC.Cc1c(-c2cccnc2[N+](=O)[O-])nc2ccc(-c3ccc(F)cn3)nn12. The van der Waals surface area contributed by atoms with Gasteiger partial charge in [0.2, 0.25) is 0 Å². The molecule has 0 aromatic carbocycles. The molecule has 28 heavy (non-hydrogen) atoms. The summed E-state index contributed by atoms with van der Waals surface area (Å²) in [6.45, 7) is 5.76. The number of hydrogen-bond acceptors (Lipinski definition) is 6. The number of aromatic nitrogens is 5. The highest BCUT2D eigenvalue weighted by Crippen LogP contribution is 2.30. The molecule has 9 heteroatoms. The van der Waals surface area contributed by atoms with Gasteiger partial charge in [0.15, 0.2) is 5.65 Å². The molecule has 0 saturated carbocycles. The zero-order valence-corrected chi connectivity index (χ0v) is 15.5. The van der Waals surface area contributed by atoms with Gasteiger partial charge in [0.25, 0.3) is 0 Å². The third-order valence-electron chi connectivity index (χ3n) is 3.91. The number of nitrogens with zero attached hydrogens (tertiary/aromatic N) is 6. The summed E-state index contributed by atoms with van der Waals surface area (Å²) >= 11 is 0. The predicted octanol–water partition coefficient (Wildman–Crippen LogP) is 4.24. The number of imidazole rings is 1. The monoisotopic (exact) mass is 380 g/mol. The van der Waals surface area contributed by atoms with Gasteiger partial charge in [-0.05, 0) is 53.2 Å². The van der Waals surface area contributed by atoms with Crippen LogP contribution < -0.4 is 0 Å². The Hall–Kier alpha value is -3.75. The molecule has 142 valence electrons. The van der Waals surface area contributed by atoms with E-state index in [2.05, 4.69) is 20.1 Å². The van der Waals surface area contributed by atoms with Crippen LogP contribution in [0.1, 0.15) is 19.5 Å². The standard InChI is InChI=1S/C17H11FN6O2.C2H6/c1-10-16(12-3-2-8-19-17(12)24(25)26)21-15-7-6-14(22-23(10)15)13-5-4-11(18)9-20-13;1-2/h2-9H,1H3;1-2H3. The Kier molecular flexibility index (Phi) is 5.35. The molecule has 8 nitrogen and oxygen atoms in total. The van der Waals surface area contributed by atoms with Gasteiger partial charge >= 0.3 is 5.82 Å². The van der Waals surface area contributed by atoms with Crippen molar-refractivity contribution in [2.24, 2.45) is 0 Å². The lowest BCUT2D eigenvalue weighted by Gasteiger charge is -2.02. The Labute approximate surface area is 159 Å². The van der Waals surface area contributed by atoms with Gasteiger partial charge in [0.1, 0.15) is 23.4 Å². The molecule has 4 heterocycles. The second-order valence-corrected chi connectivity index (χ2v) is 5.53. The Bertz CT molecular complexity index is 1140. The smallest absolute Gasteiger partial charge is 0.358 e. The predicted molar refractivity (Wildman–Crippen MR) is 102 cm³/mol. The van der Waals surface area contributed by atoms with Gasteiger partial charge in [-0.3, -0.25) is 4.98 Å². The summed E-state index contributed by atoms with van der Waals surface area (Å²) in [6.07, 6.45) is 2.48. The summed E-state index contributed by atoms with van der Waals surface area (Å²) in [5.74, 6) is -0.695. The van der Waals surface area contributed by atoms with E-state index in [-0.39, 0.29) is 5.82 Å². The second-order valence-electron chi connectivity index (χ2n) is 5.53. The molecule has 0 N–H and O–H groups in total. The van der Waals surface area contributed by atoms with Crippen molar-refractivity contribution in [1.29, 1.82) is 0 Å². The normalized spacial score (nSPS) is 10.4. The average Bonchev–Trinajstić information content (AvgIpc) is 3.06. The Morgan fingerprint density at radius 1 is 1.07 bits per heavy atom. The van der Waals surface area contributed by atoms with E-state index in [1.165, 1.54) is 18.3 Å². The van der Waals surface area contributed by atoms with Crippen LogP contribution in [0, 0.1) is 22.9 Å². The lowest BCUT2D eigenvalue weighted by molar-refractivity contribution is -0.388. The molecule has 0 amide bonds. The van der Waals surface area contributed by atoms with Crippen LogP contribution in [0.4, 0.5) is 10.2 Å². The molecule has 0 saturated heterocycles. The Morgan fingerprint density at radius 2 is 1.82 bits per heavy atom. The fourth-order valence-corrected chi connectivity index (χ4v) is 2.69. The van der Waals surface area contributed by atoms with Gasteiger partial charge in [0, 0.05) is 0 Å². The van der Waals surface area contributed by atoms with Crippen LogP contribution in [0.25, 0.3) is 28.3 Å². The second kappa shape index (κ2) is 7.87. The van der Waals surface area contributed by atoms with E-state index in [0.717, 1.165) is 6.20 Å². The number of aryl methyl sites for hydroxylation is 1. The van der Waals surface area contributed by atoms with Crippen molar-refractivity contribution in [2.75, 3.05) is 0 Å². The molecular formula is C19H17FN6O2. The highest BCUT2D eigenvalue weighted by atomic mass is 19.1. The van der Waals surface area contributed by atoms with Crippen LogP contribution >= 0.6 is 0 Å². The van der Waals surface area contributed by atoms with Crippen molar-refractivity contribution in [3.05, 3.63) is 70.4 Å². The maximum Gasteiger partial charge on any atom is 0.372 e. The van der Waals surface area contributed by atoms with Crippen LogP contribution in [0.15, 0.2) is 48.8 Å². The zero-order chi connectivity index (χ0) is 20.3. The number of hydrogen-bond donors (Lipinski definition) is 0. The maximum absolute atomic E-state index is 13.1. The van der Waals surface area contributed by atoms with Crippen molar-refractivity contribution >= 4 is 11.5 Å². The van der Waals surface area contributed by atoms with Crippen molar-refractivity contribution < 1.29 is 9.31 Å². The van der Waals surface area contributed by atoms with E-state index in [4.69, 9.17) is 0 Å². The fraction of sp³-hybridized carbons (Fsp3) is 0.158. The van der Waals surface area contributed by atoms with Crippen LogP contribution in [0.5, 0.6) is 0 Å². The maximum atomic E-state index is 13.1. The minimum absolute atomic E-state index is 0.264. The summed E-state index contributed by atoms with van der Waals surface area (Å²) < 4.78 is 14.6. The van der Waals surface area contributed by atoms with Gasteiger partial charge in [-0.2, -0.15) is 5.10 Å². The number of halogens is 1. The molecule has 0 aliphatic carbocycles. The summed E-state index contributed by atoms with van der Waals surface area (Å²) in [5.41, 5.74) is 2.95. The first-order valence-corrected chi connectivity index (χ1v) is 8.62. The van der Waals surface area contributed by atoms with Crippen LogP contribution in [-0.2, 0) is 0 Å². The van der Waals surface area contributed by atoms with E-state index < -0.39 is 10.7 Å². The molecule has 0 spiro atoms. The topological polar surface area (TPSA) is 99.1 Å². The van der Waals surface area contributed by atoms with Gasteiger partial charge in [-0.25, -0.2) is 13.9 Å². The lowest BCUT2D eigenvalue weighted by Crippen LogP contribution is -1.98. The quantitative estimate of drug-likeness (QED) is 0.389. The molecule has 0 bridgehead atoms. The van der Waals surface area contributed by atoms with E-state index in [1.807, 2.05) is 13.8 Å². The van der Waals surface area contributed by atoms with E-state index in [0.29, 0.717) is 34.0 Å². The first-order valence-electron chi connectivity index (χ1n) is 8.62. The summed E-state index contributed by atoms with van der Waals surface area (Å²) in [7, 11) is 0. The van der Waals surface area contributed by atoms with E-state index in [9.17, 15) is 14.5 Å². The molecule has 0 aliphatic heterocycles.